The van der Waals surface area contributed by atoms with Crippen LogP contribution in [0.25, 0.3) is 0 Å². The van der Waals surface area contributed by atoms with Gasteiger partial charge in [0.25, 0.3) is 5.91 Å². The smallest absolute Gasteiger partial charge is 0.377 e. The molecular weight excluding hydrogens is 181 g/mol. The van der Waals surface area contributed by atoms with Crippen LogP contribution in [0.5, 0.6) is 0 Å². The summed E-state index contributed by atoms with van der Waals surface area (Å²) in [7, 11) is 0.489. The van der Waals surface area contributed by atoms with E-state index in [1.54, 1.807) is 18.2 Å². The number of carbonyl (C=O) groups is 1. The van der Waals surface area contributed by atoms with Crippen molar-refractivity contribution >= 4 is 30.9 Å². The third-order valence-corrected chi connectivity index (χ3v) is 1.98. The number of hydrogen-bond acceptors (Lipinski definition) is 4. The molecule has 0 aliphatic carbocycles. The molecule has 0 aromatic heterocycles. The van der Waals surface area contributed by atoms with Crippen molar-refractivity contribution in [3.63, 3.8) is 0 Å². The Balaban J connectivity index is 2.40. The highest BCUT2D eigenvalue weighted by molar-refractivity contribution is 6.51. The number of fused-ring (bicyclic) bond motifs is 1. The zero-order valence-electron chi connectivity index (χ0n) is 7.36. The normalized spacial score (nSPS) is 12.4. The quantitative estimate of drug-likeness (QED) is 0.256. The van der Waals surface area contributed by atoms with Gasteiger partial charge in [-0.3, -0.25) is 10.2 Å². The van der Waals surface area contributed by atoms with Gasteiger partial charge in [-0.1, -0.05) is 6.07 Å². The van der Waals surface area contributed by atoms with Crippen molar-refractivity contribution in [2.45, 2.75) is 0 Å². The maximum atomic E-state index is 11.2. The maximum absolute atomic E-state index is 11.2. The molecule has 1 aromatic carbocycles. The number of nitrogens with zero attached hydrogens (tertiary/aromatic N) is 1. The number of benzene rings is 1. The van der Waals surface area contributed by atoms with E-state index >= 15 is 0 Å². The van der Waals surface area contributed by atoms with Crippen LogP contribution in [0.3, 0.4) is 0 Å². The average molecular weight is 189 g/mol. The van der Waals surface area contributed by atoms with Gasteiger partial charge in [-0.15, -0.1) is 0 Å². The van der Waals surface area contributed by atoms with Gasteiger partial charge in [0.2, 0.25) is 0 Å². The van der Waals surface area contributed by atoms with Crippen LogP contribution in [-0.4, -0.2) is 19.8 Å². The number of rotatable bonds is 1. The molecule has 3 N–H and O–H groups in total. The van der Waals surface area contributed by atoms with E-state index in [2.05, 4.69) is 10.4 Å². The lowest BCUT2D eigenvalue weighted by Crippen LogP contribution is -2.30. The highest BCUT2D eigenvalue weighted by Gasteiger charge is 2.11. The van der Waals surface area contributed by atoms with E-state index in [-0.39, 0.29) is 5.91 Å². The topological polar surface area (TPSA) is 76.7 Å². The van der Waals surface area contributed by atoms with Crippen LogP contribution in [0, 0.1) is 0 Å². The Hall–Kier alpha value is -1.82. The monoisotopic (exact) mass is 189 g/mol. The molecule has 5 nitrogen and oxygen atoms in total. The number of carbonyl (C=O) groups excluding carboxylic acids is 1. The first-order valence-corrected chi connectivity index (χ1v) is 4.09. The Morgan fingerprint density at radius 3 is 3.21 bits per heavy atom. The summed E-state index contributed by atoms with van der Waals surface area (Å²) in [6, 6.07) is 5.16. The molecule has 0 bridgehead atoms. The Morgan fingerprint density at radius 2 is 2.43 bits per heavy atom. The number of hydrazine groups is 1. The van der Waals surface area contributed by atoms with Gasteiger partial charge in [0.1, 0.15) is 0 Å². The van der Waals surface area contributed by atoms with Gasteiger partial charge >= 0.3 is 7.48 Å². The third-order valence-electron chi connectivity index (χ3n) is 1.98. The van der Waals surface area contributed by atoms with Gasteiger partial charge < -0.3 is 4.65 Å². The van der Waals surface area contributed by atoms with Crippen LogP contribution in [0.15, 0.2) is 23.2 Å². The molecule has 1 aromatic rings. The Labute approximate surface area is 81.2 Å². The van der Waals surface area contributed by atoms with Crippen LogP contribution < -0.4 is 16.7 Å². The van der Waals surface area contributed by atoms with Crippen LogP contribution in [-0.2, 0) is 4.65 Å². The second kappa shape index (κ2) is 3.51. The molecule has 0 spiro atoms. The van der Waals surface area contributed by atoms with Gasteiger partial charge in [0.05, 0.1) is 5.69 Å². The fourth-order valence-electron chi connectivity index (χ4n) is 1.25. The molecule has 2 rings (SSSR count). The Morgan fingerprint density at radius 1 is 1.57 bits per heavy atom. The number of nitrogen functional groups attached to an aromatic ring is 1. The summed E-state index contributed by atoms with van der Waals surface area (Å²) < 4.78 is 5.01. The van der Waals surface area contributed by atoms with Crippen molar-refractivity contribution in [1.82, 2.24) is 5.43 Å². The molecule has 70 valence electrons. The molecule has 0 saturated heterocycles. The van der Waals surface area contributed by atoms with E-state index in [0.29, 0.717) is 13.0 Å². The number of aliphatic imine (C=N–C) groups is 1. The number of hydrogen-bond donors (Lipinski definition) is 2. The zero-order valence-corrected chi connectivity index (χ0v) is 7.36. The predicted molar refractivity (Wildman–Crippen MR) is 54.1 cm³/mol. The summed E-state index contributed by atoms with van der Waals surface area (Å²) in [5, 5.41) is 0. The van der Waals surface area contributed by atoms with Gasteiger partial charge in [0, 0.05) is 5.56 Å². The van der Waals surface area contributed by atoms with Crippen molar-refractivity contribution < 1.29 is 9.45 Å². The first-order valence-electron chi connectivity index (χ1n) is 4.09. The minimum Gasteiger partial charge on any atom is -0.551 e. The summed E-state index contributed by atoms with van der Waals surface area (Å²) in [6.45, 7) is 0. The van der Waals surface area contributed by atoms with Crippen LogP contribution in [0.1, 0.15) is 10.4 Å². The average Bonchev–Trinajstić information content (AvgIpc) is 2.27. The van der Waals surface area contributed by atoms with E-state index in [4.69, 9.17) is 10.5 Å². The zero-order chi connectivity index (χ0) is 9.97. The molecule has 1 amide bonds. The summed E-state index contributed by atoms with van der Waals surface area (Å²) in [4.78, 5) is 15.2. The minimum absolute atomic E-state index is 0.325. The largest absolute Gasteiger partial charge is 0.551 e. The summed E-state index contributed by atoms with van der Waals surface area (Å²) in [5.74, 6) is 4.69. The van der Waals surface area contributed by atoms with Crippen LogP contribution in [0.4, 0.5) is 5.69 Å². The molecule has 0 fully saturated rings. The van der Waals surface area contributed by atoms with E-state index in [1.165, 1.54) is 6.40 Å². The first kappa shape index (κ1) is 8.77. The van der Waals surface area contributed by atoms with E-state index in [0.717, 1.165) is 11.2 Å². The number of nitrogens with two attached hydrogens (primary N) is 1. The van der Waals surface area contributed by atoms with Gasteiger partial charge in [-0.2, -0.15) is 0 Å². The van der Waals surface area contributed by atoms with Crippen molar-refractivity contribution in [2.75, 3.05) is 0 Å². The first-order chi connectivity index (χ1) is 6.81. The second-order valence-electron chi connectivity index (χ2n) is 2.86. The molecule has 1 aliphatic heterocycles. The van der Waals surface area contributed by atoms with Crippen molar-refractivity contribution in [2.24, 2.45) is 10.8 Å². The fourth-order valence-corrected chi connectivity index (χ4v) is 1.25. The van der Waals surface area contributed by atoms with Crippen LogP contribution in [0.2, 0.25) is 0 Å². The fraction of sp³-hybridized carbons (Fsp3) is 0. The molecule has 14 heavy (non-hydrogen) atoms. The standard InChI is InChI=1S/C8H8BN3O2/c10-12-8(13)5-1-2-6-7(3-5)11-4-14-9-6/h1-4,9H,10H2,(H,12,13). The van der Waals surface area contributed by atoms with Crippen molar-refractivity contribution in [3.8, 4) is 0 Å². The molecule has 6 heteroatoms. The third kappa shape index (κ3) is 1.47. The van der Waals surface area contributed by atoms with E-state index in [9.17, 15) is 4.79 Å². The van der Waals surface area contributed by atoms with E-state index < -0.39 is 0 Å². The molecular formula is C8H8BN3O2. The number of amides is 1. The highest BCUT2D eigenvalue weighted by Crippen LogP contribution is 2.13. The molecule has 0 atom stereocenters. The van der Waals surface area contributed by atoms with Gasteiger partial charge in [-0.25, -0.2) is 10.8 Å². The Kier molecular flexibility index (Phi) is 2.20. The van der Waals surface area contributed by atoms with Gasteiger partial charge in [-0.05, 0) is 17.6 Å². The van der Waals surface area contributed by atoms with Gasteiger partial charge in [0.15, 0.2) is 6.40 Å². The maximum Gasteiger partial charge on any atom is 0.377 e. The lowest BCUT2D eigenvalue weighted by molar-refractivity contribution is 0.0953. The molecule has 1 aliphatic rings. The summed E-state index contributed by atoms with van der Waals surface area (Å²) in [5.41, 5.74) is 4.26. The van der Waals surface area contributed by atoms with Crippen molar-refractivity contribution in [1.29, 1.82) is 0 Å². The summed E-state index contributed by atoms with van der Waals surface area (Å²) >= 11 is 0. The lowest BCUT2D eigenvalue weighted by Gasteiger charge is -2.10. The lowest BCUT2D eigenvalue weighted by atomic mass is 9.85. The van der Waals surface area contributed by atoms with E-state index in [1.807, 2.05) is 0 Å². The number of nitrogens with one attached hydrogen (secondary N) is 1. The molecule has 1 heterocycles. The highest BCUT2D eigenvalue weighted by atomic mass is 16.4. The molecule has 0 unspecified atom stereocenters. The summed E-state index contributed by atoms with van der Waals surface area (Å²) in [6.07, 6.45) is 1.37. The SMILES string of the molecule is NNC(=O)c1ccc2c(c1)N=COB2. The van der Waals surface area contributed by atoms with Crippen LogP contribution >= 0.6 is 0 Å². The Bertz CT molecular complexity index is 406. The van der Waals surface area contributed by atoms with Crippen molar-refractivity contribution in [3.05, 3.63) is 23.8 Å². The second-order valence-corrected chi connectivity index (χ2v) is 2.86. The molecule has 0 saturated carbocycles. The predicted octanol–water partition coefficient (Wildman–Crippen LogP) is -1.04. The minimum atomic E-state index is -0.325. The molecule has 0 radical (unpaired) electrons.